The number of furan rings is 1. The van der Waals surface area contributed by atoms with Crippen molar-refractivity contribution < 1.29 is 18.7 Å². The fourth-order valence-electron chi connectivity index (χ4n) is 4.42. The Morgan fingerprint density at radius 2 is 1.64 bits per heavy atom. The van der Waals surface area contributed by atoms with Crippen LogP contribution < -0.4 is 4.74 Å². The van der Waals surface area contributed by atoms with E-state index in [4.69, 9.17) is 13.9 Å². The van der Waals surface area contributed by atoms with E-state index in [1.54, 1.807) is 6.26 Å². The Morgan fingerprint density at radius 3 is 2.39 bits per heavy atom. The zero-order valence-electron chi connectivity index (χ0n) is 19.7. The Morgan fingerprint density at radius 1 is 0.879 bits per heavy atom. The van der Waals surface area contributed by atoms with E-state index in [1.165, 1.54) is 37.7 Å². The lowest BCUT2D eigenvalue weighted by Gasteiger charge is -2.08. The number of benzene rings is 2. The Kier molecular flexibility index (Phi) is 8.01. The van der Waals surface area contributed by atoms with Crippen LogP contribution in [0.5, 0.6) is 5.75 Å². The number of aryl methyl sites for hydroxylation is 4. The summed E-state index contributed by atoms with van der Waals surface area (Å²) in [6.07, 6.45) is 10.4. The fraction of sp³-hybridized carbons (Fsp3) is 0.414. The molecule has 0 N–H and O–H groups in total. The second-order valence-electron chi connectivity index (χ2n) is 9.07. The van der Waals surface area contributed by atoms with E-state index in [2.05, 4.69) is 24.3 Å². The number of carbonyl (C=O) groups is 1. The maximum Gasteiger partial charge on any atom is 0.343 e. The molecule has 1 fully saturated rings. The van der Waals surface area contributed by atoms with E-state index in [9.17, 15) is 4.79 Å². The summed E-state index contributed by atoms with van der Waals surface area (Å²) in [5.74, 6) is 1.39. The van der Waals surface area contributed by atoms with Gasteiger partial charge in [0.15, 0.2) is 6.10 Å². The minimum Gasteiger partial charge on any atom is -0.469 e. The largest absolute Gasteiger partial charge is 0.469 e. The zero-order valence-corrected chi connectivity index (χ0v) is 19.7. The smallest absolute Gasteiger partial charge is 0.343 e. The Labute approximate surface area is 196 Å². The van der Waals surface area contributed by atoms with Crippen molar-refractivity contribution in [1.82, 2.24) is 0 Å². The molecular weight excluding hydrogens is 412 g/mol. The summed E-state index contributed by atoms with van der Waals surface area (Å²) < 4.78 is 16.8. The minimum absolute atomic E-state index is 0.193. The maximum absolute atomic E-state index is 12.6. The number of esters is 1. The number of hydrogen-bond donors (Lipinski definition) is 0. The van der Waals surface area contributed by atoms with Crippen molar-refractivity contribution in [2.75, 3.05) is 0 Å². The molecule has 1 aromatic heterocycles. The van der Waals surface area contributed by atoms with Gasteiger partial charge in [0, 0.05) is 6.42 Å². The third-order valence-corrected chi connectivity index (χ3v) is 6.33. The molecule has 0 aliphatic carbocycles. The van der Waals surface area contributed by atoms with E-state index in [1.807, 2.05) is 44.2 Å². The van der Waals surface area contributed by atoms with Gasteiger partial charge >= 0.3 is 5.97 Å². The van der Waals surface area contributed by atoms with Crippen LogP contribution >= 0.6 is 0 Å². The van der Waals surface area contributed by atoms with Crippen molar-refractivity contribution >= 4 is 5.97 Å². The molecule has 3 aromatic rings. The molecule has 1 saturated heterocycles. The van der Waals surface area contributed by atoms with E-state index < -0.39 is 6.10 Å². The number of rotatable bonds is 12. The lowest BCUT2D eigenvalue weighted by molar-refractivity contribution is -0.135. The predicted octanol–water partition coefficient (Wildman–Crippen LogP) is 7.07. The second kappa shape index (κ2) is 11.3. The molecule has 0 amide bonds. The summed E-state index contributed by atoms with van der Waals surface area (Å²) in [4.78, 5) is 12.6. The predicted molar refractivity (Wildman–Crippen MR) is 129 cm³/mol. The summed E-state index contributed by atoms with van der Waals surface area (Å²) in [5.41, 5.74) is 4.51. The summed E-state index contributed by atoms with van der Waals surface area (Å²) in [7, 11) is 0. The third-order valence-electron chi connectivity index (χ3n) is 6.33. The van der Waals surface area contributed by atoms with Crippen LogP contribution in [-0.4, -0.2) is 12.1 Å². The topological polar surface area (TPSA) is 52.0 Å². The van der Waals surface area contributed by atoms with Crippen LogP contribution in [-0.2, 0) is 22.4 Å². The molecule has 1 aliphatic rings. The van der Waals surface area contributed by atoms with Gasteiger partial charge in [0.2, 0.25) is 0 Å². The zero-order chi connectivity index (χ0) is 23.0. The molecule has 4 heteroatoms. The van der Waals surface area contributed by atoms with Gasteiger partial charge < -0.3 is 13.9 Å². The first-order valence-corrected chi connectivity index (χ1v) is 12.2. The van der Waals surface area contributed by atoms with E-state index in [-0.39, 0.29) is 12.1 Å². The number of ether oxygens (including phenoxy) is 2. The molecule has 2 aromatic carbocycles. The molecule has 2 atom stereocenters. The highest BCUT2D eigenvalue weighted by Crippen LogP contribution is 2.41. The van der Waals surface area contributed by atoms with E-state index in [0.717, 1.165) is 41.7 Å². The molecule has 0 radical (unpaired) electrons. The first-order chi connectivity index (χ1) is 16.1. The maximum atomic E-state index is 12.6. The van der Waals surface area contributed by atoms with Gasteiger partial charge in [0.25, 0.3) is 0 Å². The average Bonchev–Trinajstić information content (AvgIpc) is 3.44. The normalized spacial score (nSPS) is 17.2. The van der Waals surface area contributed by atoms with Crippen molar-refractivity contribution in [2.24, 2.45) is 0 Å². The van der Waals surface area contributed by atoms with Crippen LogP contribution in [0.1, 0.15) is 72.6 Å². The quantitative estimate of drug-likeness (QED) is 0.129. The highest BCUT2D eigenvalue weighted by Gasteiger charge is 2.48. The lowest BCUT2D eigenvalue weighted by Crippen LogP contribution is -2.16. The van der Waals surface area contributed by atoms with Gasteiger partial charge in [-0.2, -0.15) is 0 Å². The van der Waals surface area contributed by atoms with Gasteiger partial charge in [-0.15, -0.1) is 0 Å². The SMILES string of the molecule is Cc1ccc(OC(=O)[C@@H]2O[C@H]2c2ccccc2CCCCCCCCc2ccco2)c(C)c1. The number of epoxide rings is 1. The van der Waals surface area contributed by atoms with Gasteiger partial charge in [0.05, 0.1) is 6.26 Å². The van der Waals surface area contributed by atoms with Crippen molar-refractivity contribution in [3.8, 4) is 5.75 Å². The molecule has 1 aliphatic heterocycles. The molecule has 0 bridgehead atoms. The summed E-state index contributed by atoms with van der Waals surface area (Å²) in [6, 6.07) is 18.2. The molecule has 4 nitrogen and oxygen atoms in total. The van der Waals surface area contributed by atoms with Crippen LogP contribution in [0.15, 0.2) is 65.3 Å². The van der Waals surface area contributed by atoms with Crippen molar-refractivity contribution in [2.45, 2.75) is 77.4 Å². The van der Waals surface area contributed by atoms with Crippen LogP contribution in [0.25, 0.3) is 0 Å². The summed E-state index contributed by atoms with van der Waals surface area (Å²) >= 11 is 0. The van der Waals surface area contributed by atoms with Gasteiger partial charge in [-0.25, -0.2) is 4.79 Å². The second-order valence-corrected chi connectivity index (χ2v) is 9.07. The van der Waals surface area contributed by atoms with Crippen molar-refractivity contribution in [3.63, 3.8) is 0 Å². The fourth-order valence-corrected chi connectivity index (χ4v) is 4.42. The molecule has 33 heavy (non-hydrogen) atoms. The van der Waals surface area contributed by atoms with Crippen LogP contribution in [0.2, 0.25) is 0 Å². The van der Waals surface area contributed by atoms with Gasteiger partial charge in [-0.05, 0) is 68.0 Å². The Balaban J connectivity index is 1.19. The molecule has 2 heterocycles. The molecule has 174 valence electrons. The summed E-state index contributed by atoms with van der Waals surface area (Å²) in [6.45, 7) is 3.98. The highest BCUT2D eigenvalue weighted by atomic mass is 16.6. The van der Waals surface area contributed by atoms with E-state index >= 15 is 0 Å². The minimum atomic E-state index is -0.513. The number of carbonyl (C=O) groups excluding carboxylic acids is 1. The number of hydrogen-bond acceptors (Lipinski definition) is 4. The molecular formula is C29H34O4. The Hall–Kier alpha value is -2.85. The highest BCUT2D eigenvalue weighted by molar-refractivity contribution is 5.81. The Bertz CT molecular complexity index is 1040. The number of unbranched alkanes of at least 4 members (excludes halogenated alkanes) is 5. The van der Waals surface area contributed by atoms with Crippen LogP contribution in [0, 0.1) is 13.8 Å². The molecule has 0 spiro atoms. The van der Waals surface area contributed by atoms with Gasteiger partial charge in [0.1, 0.15) is 17.6 Å². The standard InChI is InChI=1S/C29H34O4/c1-21-17-18-26(22(2)20-21)32-29(30)28-27(33-28)25-16-10-9-13-23(25)12-7-5-3-4-6-8-14-24-15-11-19-31-24/h9-11,13,15-20,27-28H,3-8,12,14H2,1-2H3/t27-,28+/m0/s1. The van der Waals surface area contributed by atoms with E-state index in [0.29, 0.717) is 5.75 Å². The van der Waals surface area contributed by atoms with Gasteiger partial charge in [-0.3, -0.25) is 0 Å². The molecule has 4 rings (SSSR count). The van der Waals surface area contributed by atoms with Crippen molar-refractivity contribution in [1.29, 1.82) is 0 Å². The molecule has 0 saturated carbocycles. The first-order valence-electron chi connectivity index (χ1n) is 12.2. The monoisotopic (exact) mass is 446 g/mol. The van der Waals surface area contributed by atoms with Gasteiger partial charge in [-0.1, -0.05) is 67.6 Å². The lowest BCUT2D eigenvalue weighted by atomic mass is 9.97. The first kappa shape index (κ1) is 23.3. The molecule has 0 unspecified atom stereocenters. The van der Waals surface area contributed by atoms with Crippen molar-refractivity contribution in [3.05, 3.63) is 88.9 Å². The van der Waals surface area contributed by atoms with Crippen LogP contribution in [0.4, 0.5) is 0 Å². The summed E-state index contributed by atoms with van der Waals surface area (Å²) in [5, 5.41) is 0. The third kappa shape index (κ3) is 6.58. The van der Waals surface area contributed by atoms with Crippen LogP contribution in [0.3, 0.4) is 0 Å². The average molecular weight is 447 g/mol.